The summed E-state index contributed by atoms with van der Waals surface area (Å²) in [6.07, 6.45) is 0. The van der Waals surface area contributed by atoms with E-state index in [9.17, 15) is 17.6 Å². The van der Waals surface area contributed by atoms with Gasteiger partial charge in [0.15, 0.2) is 5.16 Å². The molecule has 4 aromatic rings. The van der Waals surface area contributed by atoms with Gasteiger partial charge in [0, 0.05) is 12.6 Å². The Hall–Kier alpha value is -3.22. The van der Waals surface area contributed by atoms with Crippen molar-refractivity contribution in [1.82, 2.24) is 19.3 Å². The van der Waals surface area contributed by atoms with Crippen molar-refractivity contribution in [3.63, 3.8) is 0 Å². The zero-order valence-corrected chi connectivity index (χ0v) is 19.5. The Labute approximate surface area is 193 Å². The average Bonchev–Trinajstić information content (AvgIpc) is 3.30. The number of carbonyl (C=O) groups excluding carboxylic acids is 1. The number of benzene rings is 2. The first-order chi connectivity index (χ1) is 15.7. The highest BCUT2D eigenvalue weighted by Crippen LogP contribution is 2.26. The van der Waals surface area contributed by atoms with Crippen LogP contribution in [0.4, 0.5) is 10.2 Å². The molecule has 0 saturated carbocycles. The second kappa shape index (κ2) is 8.96. The fraction of sp³-hybridized carbons (Fsp3) is 0.190. The zero-order chi connectivity index (χ0) is 23.8. The lowest BCUT2D eigenvalue weighted by Gasteiger charge is -2.09. The van der Waals surface area contributed by atoms with Gasteiger partial charge in [0.25, 0.3) is 0 Å². The predicted molar refractivity (Wildman–Crippen MR) is 124 cm³/mol. The molecule has 9 nitrogen and oxygen atoms in total. The fourth-order valence-corrected chi connectivity index (χ4v) is 4.77. The maximum absolute atomic E-state index is 13.3. The summed E-state index contributed by atoms with van der Waals surface area (Å²) >= 11 is 1.23. The van der Waals surface area contributed by atoms with Crippen molar-refractivity contribution >= 4 is 44.5 Å². The molecule has 33 heavy (non-hydrogen) atoms. The van der Waals surface area contributed by atoms with Crippen molar-refractivity contribution in [1.29, 1.82) is 0 Å². The molecule has 2 heterocycles. The minimum absolute atomic E-state index is 0.0190. The number of anilines is 1. The van der Waals surface area contributed by atoms with Gasteiger partial charge < -0.3 is 9.88 Å². The lowest BCUT2D eigenvalue weighted by molar-refractivity contribution is -0.113. The lowest BCUT2D eigenvalue weighted by atomic mass is 10.3. The number of sulfonamides is 1. The van der Waals surface area contributed by atoms with Crippen LogP contribution in [-0.2, 0) is 21.4 Å². The highest BCUT2D eigenvalue weighted by molar-refractivity contribution is 7.99. The van der Waals surface area contributed by atoms with Gasteiger partial charge in [-0.3, -0.25) is 4.79 Å². The molecule has 4 rings (SSSR count). The van der Waals surface area contributed by atoms with Crippen LogP contribution in [0.3, 0.4) is 0 Å². The summed E-state index contributed by atoms with van der Waals surface area (Å²) in [5.74, 6) is -0.103. The number of primary sulfonamides is 1. The summed E-state index contributed by atoms with van der Waals surface area (Å²) in [6, 6.07) is 12.0. The Morgan fingerprint density at radius 2 is 1.91 bits per heavy atom. The van der Waals surface area contributed by atoms with Gasteiger partial charge in [-0.1, -0.05) is 11.8 Å². The van der Waals surface area contributed by atoms with Crippen LogP contribution < -0.4 is 10.5 Å². The number of nitrogens with one attached hydrogen (secondary N) is 1. The molecule has 172 valence electrons. The summed E-state index contributed by atoms with van der Waals surface area (Å²) in [7, 11) is -3.84. The van der Waals surface area contributed by atoms with E-state index in [4.69, 9.17) is 5.14 Å². The first-order valence-corrected chi connectivity index (χ1v) is 12.5. The van der Waals surface area contributed by atoms with Crippen LogP contribution in [0.25, 0.3) is 16.7 Å². The number of fused-ring (bicyclic) bond motifs is 1. The number of amides is 1. The molecule has 0 unspecified atom stereocenters. The van der Waals surface area contributed by atoms with Crippen molar-refractivity contribution in [2.75, 3.05) is 11.1 Å². The molecule has 2 aromatic carbocycles. The van der Waals surface area contributed by atoms with E-state index in [0.29, 0.717) is 34.4 Å². The van der Waals surface area contributed by atoms with E-state index in [1.165, 1.54) is 40.7 Å². The van der Waals surface area contributed by atoms with Gasteiger partial charge in [-0.15, -0.1) is 0 Å². The monoisotopic (exact) mass is 488 g/mol. The van der Waals surface area contributed by atoms with Gasteiger partial charge in [-0.05, 0) is 56.3 Å². The molecule has 0 radical (unpaired) electrons. The van der Waals surface area contributed by atoms with Gasteiger partial charge >= 0.3 is 0 Å². The van der Waals surface area contributed by atoms with Crippen LogP contribution in [0.5, 0.6) is 0 Å². The Bertz CT molecular complexity index is 1440. The number of nitrogens with zero attached hydrogens (tertiary/aromatic N) is 4. The summed E-state index contributed by atoms with van der Waals surface area (Å²) in [5, 5.41) is 13.0. The highest BCUT2D eigenvalue weighted by Gasteiger charge is 2.17. The van der Waals surface area contributed by atoms with Gasteiger partial charge in [0.05, 0.1) is 33.1 Å². The smallest absolute Gasteiger partial charge is 0.238 e. The van der Waals surface area contributed by atoms with Crippen molar-refractivity contribution in [2.24, 2.45) is 5.14 Å². The molecule has 1 amide bonds. The minimum Gasteiger partial charge on any atom is -0.319 e. The van der Waals surface area contributed by atoms with Gasteiger partial charge in [-0.25, -0.2) is 27.6 Å². The molecule has 12 heteroatoms. The van der Waals surface area contributed by atoms with Crippen LogP contribution in [0.1, 0.15) is 12.6 Å². The van der Waals surface area contributed by atoms with E-state index in [1.54, 1.807) is 31.2 Å². The molecule has 2 aromatic heterocycles. The first-order valence-electron chi connectivity index (χ1n) is 9.94. The third kappa shape index (κ3) is 4.92. The number of hydrogen-bond donors (Lipinski definition) is 2. The second-order valence-corrected chi connectivity index (χ2v) is 9.73. The normalized spacial score (nSPS) is 11.8. The third-order valence-corrected chi connectivity index (χ3v) is 6.72. The molecule has 0 saturated heterocycles. The molecule has 0 bridgehead atoms. The van der Waals surface area contributed by atoms with Crippen molar-refractivity contribution in [3.8, 4) is 5.69 Å². The zero-order valence-electron chi connectivity index (χ0n) is 17.8. The standard InChI is InChI=1S/C21H21FN6O3S2/c1-3-27-18-9-8-16(33(23,30)31)11-17(18)24-21(27)32-12-20(29)25-19-10-13(2)26-28(19)15-6-4-14(22)5-7-15/h4-11H,3,12H2,1-2H3,(H,25,29)(H2,23,30,31). The van der Waals surface area contributed by atoms with Crippen molar-refractivity contribution < 1.29 is 17.6 Å². The van der Waals surface area contributed by atoms with Gasteiger partial charge in [-0.2, -0.15) is 5.10 Å². The van der Waals surface area contributed by atoms with E-state index < -0.39 is 10.0 Å². The number of aromatic nitrogens is 4. The summed E-state index contributed by atoms with van der Waals surface area (Å²) in [5.41, 5.74) is 2.54. The quantitative estimate of drug-likeness (QED) is 0.385. The number of imidazole rings is 1. The number of aryl methyl sites for hydroxylation is 2. The topological polar surface area (TPSA) is 125 Å². The number of carbonyl (C=O) groups is 1. The second-order valence-electron chi connectivity index (χ2n) is 7.23. The maximum atomic E-state index is 13.3. The van der Waals surface area contributed by atoms with Crippen molar-refractivity contribution in [3.05, 3.63) is 60.0 Å². The number of hydrogen-bond acceptors (Lipinski definition) is 6. The molecule has 0 spiro atoms. The molecular formula is C21H21FN6O3S2. The Morgan fingerprint density at radius 1 is 1.18 bits per heavy atom. The van der Waals surface area contributed by atoms with Crippen molar-refractivity contribution in [2.45, 2.75) is 30.4 Å². The third-order valence-electron chi connectivity index (χ3n) is 4.83. The number of nitrogens with two attached hydrogens (primary N) is 1. The van der Waals surface area contributed by atoms with Gasteiger partial charge in [0.1, 0.15) is 11.6 Å². The Morgan fingerprint density at radius 3 is 2.58 bits per heavy atom. The fourth-order valence-electron chi connectivity index (χ4n) is 3.36. The van der Waals surface area contributed by atoms with E-state index in [2.05, 4.69) is 15.4 Å². The predicted octanol–water partition coefficient (Wildman–Crippen LogP) is 3.07. The number of thioether (sulfide) groups is 1. The van der Waals surface area contributed by atoms with Crippen LogP contribution in [0.2, 0.25) is 0 Å². The van der Waals surface area contributed by atoms with E-state index in [-0.39, 0.29) is 22.4 Å². The summed E-state index contributed by atoms with van der Waals surface area (Å²) in [6.45, 7) is 4.32. The van der Waals surface area contributed by atoms with E-state index >= 15 is 0 Å². The molecular weight excluding hydrogens is 467 g/mol. The molecule has 0 atom stereocenters. The van der Waals surface area contributed by atoms with Crippen LogP contribution >= 0.6 is 11.8 Å². The first kappa shape index (κ1) is 23.0. The molecule has 0 aliphatic carbocycles. The molecule has 0 aliphatic heterocycles. The average molecular weight is 489 g/mol. The highest BCUT2D eigenvalue weighted by atomic mass is 32.2. The Balaban J connectivity index is 1.52. The number of halogens is 1. The molecule has 3 N–H and O–H groups in total. The lowest BCUT2D eigenvalue weighted by Crippen LogP contribution is -2.17. The van der Waals surface area contributed by atoms with Gasteiger partial charge in [0.2, 0.25) is 15.9 Å². The SMILES string of the molecule is CCn1c(SCC(=O)Nc2cc(C)nn2-c2ccc(F)cc2)nc2cc(S(N)(=O)=O)ccc21. The van der Waals surface area contributed by atoms with Crippen LogP contribution in [0, 0.1) is 12.7 Å². The van der Waals surface area contributed by atoms with E-state index in [0.717, 1.165) is 5.52 Å². The summed E-state index contributed by atoms with van der Waals surface area (Å²) in [4.78, 5) is 17.1. The molecule has 0 fully saturated rings. The van der Waals surface area contributed by atoms with Crippen LogP contribution in [-0.4, -0.2) is 39.4 Å². The minimum atomic E-state index is -3.84. The summed E-state index contributed by atoms with van der Waals surface area (Å²) < 4.78 is 40.0. The largest absolute Gasteiger partial charge is 0.319 e. The Kier molecular flexibility index (Phi) is 6.23. The molecule has 0 aliphatic rings. The maximum Gasteiger partial charge on any atom is 0.238 e. The number of rotatable bonds is 7. The van der Waals surface area contributed by atoms with E-state index in [1.807, 2.05) is 11.5 Å². The van der Waals surface area contributed by atoms with Crippen LogP contribution in [0.15, 0.2) is 58.6 Å².